The molecule has 0 unspecified atom stereocenters. The van der Waals surface area contributed by atoms with Gasteiger partial charge in [-0.05, 0) is 6.07 Å². The second kappa shape index (κ2) is 6.35. The SMILES string of the molecule is COC(=O)Nc1nc[nH]c1C(=O)Nc1cccc([N+](=O)[O-])c1. The van der Waals surface area contributed by atoms with Crippen LogP contribution in [0.3, 0.4) is 0 Å². The molecule has 0 atom stereocenters. The summed E-state index contributed by atoms with van der Waals surface area (Å²) in [6, 6.07) is 5.45. The van der Waals surface area contributed by atoms with Gasteiger partial charge in [0.1, 0.15) is 5.69 Å². The number of aromatic nitrogens is 2. The molecule has 0 aliphatic carbocycles. The van der Waals surface area contributed by atoms with E-state index in [9.17, 15) is 19.7 Å². The van der Waals surface area contributed by atoms with E-state index in [1.54, 1.807) is 0 Å². The van der Waals surface area contributed by atoms with E-state index < -0.39 is 16.9 Å². The van der Waals surface area contributed by atoms with E-state index in [0.29, 0.717) is 0 Å². The molecule has 2 aromatic rings. The molecular formula is C12H11N5O5. The van der Waals surface area contributed by atoms with Crippen molar-refractivity contribution < 1.29 is 19.2 Å². The summed E-state index contributed by atoms with van der Waals surface area (Å²) in [5.41, 5.74) is 0.0602. The average Bonchev–Trinajstić information content (AvgIpc) is 2.95. The van der Waals surface area contributed by atoms with Gasteiger partial charge in [-0.15, -0.1) is 0 Å². The molecule has 0 saturated heterocycles. The number of nitro benzene ring substituents is 1. The van der Waals surface area contributed by atoms with Crippen LogP contribution in [0.25, 0.3) is 0 Å². The lowest BCUT2D eigenvalue weighted by Gasteiger charge is -2.06. The van der Waals surface area contributed by atoms with E-state index in [1.165, 1.54) is 37.7 Å². The van der Waals surface area contributed by atoms with Crippen LogP contribution in [0.15, 0.2) is 30.6 Å². The third-order valence-electron chi connectivity index (χ3n) is 2.59. The first-order valence-electron chi connectivity index (χ1n) is 5.95. The minimum Gasteiger partial charge on any atom is -0.453 e. The number of rotatable bonds is 4. The number of ether oxygens (including phenoxy) is 1. The van der Waals surface area contributed by atoms with Crippen molar-refractivity contribution in [3.8, 4) is 0 Å². The van der Waals surface area contributed by atoms with Gasteiger partial charge >= 0.3 is 6.09 Å². The van der Waals surface area contributed by atoms with Crippen LogP contribution in [0.1, 0.15) is 10.5 Å². The van der Waals surface area contributed by atoms with Crippen molar-refractivity contribution in [3.05, 3.63) is 46.4 Å². The minimum atomic E-state index is -0.781. The molecular weight excluding hydrogens is 294 g/mol. The molecule has 1 aromatic carbocycles. The summed E-state index contributed by atoms with van der Waals surface area (Å²) in [5.74, 6) is -0.640. The number of amides is 2. The highest BCUT2D eigenvalue weighted by atomic mass is 16.6. The van der Waals surface area contributed by atoms with E-state index in [1.807, 2.05) is 0 Å². The third kappa shape index (κ3) is 3.36. The van der Waals surface area contributed by atoms with Gasteiger partial charge in [0.2, 0.25) is 0 Å². The highest BCUT2D eigenvalue weighted by molar-refractivity contribution is 6.07. The van der Waals surface area contributed by atoms with E-state index in [0.717, 1.165) is 0 Å². The van der Waals surface area contributed by atoms with Crippen LogP contribution in [-0.2, 0) is 4.74 Å². The standard InChI is InChI=1S/C12H11N5O5/c1-22-12(19)16-10-9(13-6-14-10)11(18)15-7-3-2-4-8(5-7)17(20)21/h2-6H,1H3,(H,13,14)(H,15,18)(H,16,19). The smallest absolute Gasteiger partial charge is 0.412 e. The third-order valence-corrected chi connectivity index (χ3v) is 2.59. The van der Waals surface area contributed by atoms with Gasteiger partial charge in [0.15, 0.2) is 5.82 Å². The number of carbonyl (C=O) groups is 2. The Kier molecular flexibility index (Phi) is 4.32. The molecule has 10 nitrogen and oxygen atoms in total. The zero-order valence-electron chi connectivity index (χ0n) is 11.3. The second-order valence-electron chi connectivity index (χ2n) is 4.00. The molecule has 22 heavy (non-hydrogen) atoms. The molecule has 0 fully saturated rings. The first-order valence-corrected chi connectivity index (χ1v) is 5.95. The molecule has 1 heterocycles. The molecule has 10 heteroatoms. The van der Waals surface area contributed by atoms with Crippen molar-refractivity contribution in [1.82, 2.24) is 9.97 Å². The van der Waals surface area contributed by atoms with Gasteiger partial charge in [0.25, 0.3) is 11.6 Å². The summed E-state index contributed by atoms with van der Waals surface area (Å²) in [7, 11) is 1.17. The normalized spacial score (nSPS) is 9.86. The molecule has 0 aliphatic rings. The van der Waals surface area contributed by atoms with Gasteiger partial charge in [0, 0.05) is 17.8 Å². The predicted molar refractivity (Wildman–Crippen MR) is 75.7 cm³/mol. The van der Waals surface area contributed by atoms with E-state index in [-0.39, 0.29) is 22.9 Å². The van der Waals surface area contributed by atoms with Crippen LogP contribution >= 0.6 is 0 Å². The quantitative estimate of drug-likeness (QED) is 0.580. The fourth-order valence-corrected chi connectivity index (χ4v) is 1.60. The molecule has 3 N–H and O–H groups in total. The van der Waals surface area contributed by atoms with Crippen molar-refractivity contribution in [2.75, 3.05) is 17.7 Å². The predicted octanol–water partition coefficient (Wildman–Crippen LogP) is 1.75. The molecule has 2 amide bonds. The summed E-state index contributed by atoms with van der Waals surface area (Å²) < 4.78 is 4.41. The van der Waals surface area contributed by atoms with Gasteiger partial charge in [-0.2, -0.15) is 0 Å². The fraction of sp³-hybridized carbons (Fsp3) is 0.0833. The van der Waals surface area contributed by atoms with Crippen molar-refractivity contribution >= 4 is 29.2 Å². The highest BCUT2D eigenvalue weighted by Crippen LogP contribution is 2.19. The Balaban J connectivity index is 2.16. The number of carbonyl (C=O) groups excluding carboxylic acids is 2. The Hall–Kier alpha value is -3.43. The highest BCUT2D eigenvalue weighted by Gasteiger charge is 2.17. The van der Waals surface area contributed by atoms with Crippen LogP contribution in [0.5, 0.6) is 0 Å². The van der Waals surface area contributed by atoms with Gasteiger partial charge in [-0.25, -0.2) is 9.78 Å². The zero-order chi connectivity index (χ0) is 16.1. The average molecular weight is 305 g/mol. The van der Waals surface area contributed by atoms with Gasteiger partial charge in [-0.1, -0.05) is 6.07 Å². The van der Waals surface area contributed by atoms with Gasteiger partial charge in [-0.3, -0.25) is 20.2 Å². The van der Waals surface area contributed by atoms with E-state index in [4.69, 9.17) is 0 Å². The number of methoxy groups -OCH3 is 1. The number of benzene rings is 1. The lowest BCUT2D eigenvalue weighted by Crippen LogP contribution is -2.18. The molecule has 0 bridgehead atoms. The molecule has 2 rings (SSSR count). The first kappa shape index (κ1) is 15.0. The van der Waals surface area contributed by atoms with Crippen molar-refractivity contribution in [1.29, 1.82) is 0 Å². The molecule has 0 saturated carbocycles. The number of nitro groups is 1. The number of nitrogens with zero attached hydrogens (tertiary/aromatic N) is 2. The Morgan fingerprint density at radius 2 is 2.14 bits per heavy atom. The Morgan fingerprint density at radius 3 is 2.82 bits per heavy atom. The molecule has 0 spiro atoms. The van der Waals surface area contributed by atoms with Crippen LogP contribution in [0.2, 0.25) is 0 Å². The van der Waals surface area contributed by atoms with E-state index in [2.05, 4.69) is 25.3 Å². The molecule has 0 aliphatic heterocycles. The lowest BCUT2D eigenvalue weighted by molar-refractivity contribution is -0.384. The van der Waals surface area contributed by atoms with Gasteiger partial charge < -0.3 is 15.0 Å². The number of imidazole rings is 1. The largest absolute Gasteiger partial charge is 0.453 e. The van der Waals surface area contributed by atoms with Crippen LogP contribution in [0, 0.1) is 10.1 Å². The van der Waals surface area contributed by atoms with Crippen molar-refractivity contribution in [3.63, 3.8) is 0 Å². The summed E-state index contributed by atoms with van der Waals surface area (Å²) in [4.78, 5) is 39.7. The number of non-ortho nitro benzene ring substituents is 1. The van der Waals surface area contributed by atoms with Crippen molar-refractivity contribution in [2.45, 2.75) is 0 Å². The monoisotopic (exact) mass is 305 g/mol. The Labute approximate surface area is 123 Å². The van der Waals surface area contributed by atoms with Gasteiger partial charge in [0.05, 0.1) is 18.4 Å². The topological polar surface area (TPSA) is 139 Å². The number of H-pyrrole nitrogens is 1. The maximum Gasteiger partial charge on any atom is 0.412 e. The van der Waals surface area contributed by atoms with Crippen LogP contribution in [0.4, 0.5) is 22.0 Å². The van der Waals surface area contributed by atoms with Crippen LogP contribution in [-0.4, -0.2) is 34.0 Å². The van der Waals surface area contributed by atoms with Crippen molar-refractivity contribution in [2.24, 2.45) is 0 Å². The maximum absolute atomic E-state index is 12.1. The lowest BCUT2D eigenvalue weighted by atomic mass is 10.2. The van der Waals surface area contributed by atoms with Crippen LogP contribution < -0.4 is 10.6 Å². The summed E-state index contributed by atoms with van der Waals surface area (Å²) >= 11 is 0. The summed E-state index contributed by atoms with van der Waals surface area (Å²) in [6.07, 6.45) is 0.435. The molecule has 0 radical (unpaired) electrons. The number of aromatic amines is 1. The minimum absolute atomic E-state index is 0.0168. The summed E-state index contributed by atoms with van der Waals surface area (Å²) in [6.45, 7) is 0. The number of hydrogen-bond donors (Lipinski definition) is 3. The summed E-state index contributed by atoms with van der Waals surface area (Å²) in [5, 5.41) is 15.4. The number of anilines is 2. The van der Waals surface area contributed by atoms with E-state index >= 15 is 0 Å². The second-order valence-corrected chi connectivity index (χ2v) is 4.00. The Bertz CT molecular complexity index is 726. The zero-order valence-corrected chi connectivity index (χ0v) is 11.3. The Morgan fingerprint density at radius 1 is 1.36 bits per heavy atom. The first-order chi connectivity index (χ1) is 10.5. The maximum atomic E-state index is 12.1. The molecule has 114 valence electrons. The number of hydrogen-bond acceptors (Lipinski definition) is 6. The number of nitrogens with one attached hydrogen (secondary N) is 3. The fourth-order valence-electron chi connectivity index (χ4n) is 1.60. The molecule has 1 aromatic heterocycles.